The summed E-state index contributed by atoms with van der Waals surface area (Å²) in [6, 6.07) is 6.83. The van der Waals surface area contributed by atoms with Crippen LogP contribution in [-0.2, 0) is 6.54 Å². The summed E-state index contributed by atoms with van der Waals surface area (Å²) in [5.74, 6) is 0.763. The highest BCUT2D eigenvalue weighted by Gasteiger charge is 2.18. The van der Waals surface area contributed by atoms with E-state index in [0.29, 0.717) is 0 Å². The van der Waals surface area contributed by atoms with Gasteiger partial charge < -0.3 is 10.5 Å². The van der Waals surface area contributed by atoms with Gasteiger partial charge in [0, 0.05) is 12.6 Å². The molecule has 3 nitrogen and oxygen atoms in total. The van der Waals surface area contributed by atoms with Gasteiger partial charge in [-0.15, -0.1) is 0 Å². The van der Waals surface area contributed by atoms with Crippen molar-refractivity contribution in [3.63, 3.8) is 0 Å². The van der Waals surface area contributed by atoms with E-state index in [0.717, 1.165) is 24.0 Å². The zero-order chi connectivity index (χ0) is 13.0. The zero-order valence-electron chi connectivity index (χ0n) is 11.5. The van der Waals surface area contributed by atoms with E-state index in [1.54, 1.807) is 7.11 Å². The maximum atomic E-state index is 5.94. The summed E-state index contributed by atoms with van der Waals surface area (Å²) in [6.45, 7) is 0.971. The first-order valence-electron chi connectivity index (χ1n) is 6.83. The fourth-order valence-electron chi connectivity index (χ4n) is 2.82. The Morgan fingerprint density at radius 1 is 1.28 bits per heavy atom. The van der Waals surface area contributed by atoms with Gasteiger partial charge in [0.2, 0.25) is 0 Å². The van der Waals surface area contributed by atoms with Crippen molar-refractivity contribution in [1.82, 2.24) is 4.90 Å². The summed E-state index contributed by atoms with van der Waals surface area (Å²) in [6.07, 6.45) is 6.82. The first-order valence-corrected chi connectivity index (χ1v) is 6.83. The molecule has 0 bridgehead atoms. The van der Waals surface area contributed by atoms with Crippen LogP contribution in [0.25, 0.3) is 0 Å². The molecule has 18 heavy (non-hydrogen) atoms. The number of rotatable bonds is 4. The SMILES string of the molecule is COc1ccc(CN(C)C2CCCCC2)cc1N. The third-order valence-electron chi connectivity index (χ3n) is 3.92. The Morgan fingerprint density at radius 2 is 2.00 bits per heavy atom. The average Bonchev–Trinajstić information content (AvgIpc) is 2.40. The minimum atomic E-state index is 0.729. The molecule has 1 fully saturated rings. The lowest BCUT2D eigenvalue weighted by molar-refractivity contribution is 0.184. The normalized spacial score (nSPS) is 17.1. The molecule has 0 aliphatic heterocycles. The van der Waals surface area contributed by atoms with Gasteiger partial charge in [-0.2, -0.15) is 0 Å². The van der Waals surface area contributed by atoms with E-state index in [4.69, 9.17) is 10.5 Å². The van der Waals surface area contributed by atoms with Gasteiger partial charge in [-0.25, -0.2) is 0 Å². The lowest BCUT2D eigenvalue weighted by atomic mass is 9.94. The molecule has 3 heteroatoms. The van der Waals surface area contributed by atoms with Gasteiger partial charge >= 0.3 is 0 Å². The van der Waals surface area contributed by atoms with Crippen LogP contribution in [0.3, 0.4) is 0 Å². The number of anilines is 1. The molecule has 2 N–H and O–H groups in total. The molecule has 1 aliphatic rings. The second kappa shape index (κ2) is 6.10. The maximum absolute atomic E-state index is 5.94. The molecule has 0 radical (unpaired) electrons. The van der Waals surface area contributed by atoms with Gasteiger partial charge in [0.05, 0.1) is 12.8 Å². The summed E-state index contributed by atoms with van der Waals surface area (Å²) in [5.41, 5.74) is 7.94. The molecule has 2 rings (SSSR count). The molecule has 1 aromatic carbocycles. The molecule has 0 saturated heterocycles. The topological polar surface area (TPSA) is 38.5 Å². The number of nitrogens with two attached hydrogens (primary N) is 1. The summed E-state index contributed by atoms with van der Waals surface area (Å²) in [5, 5.41) is 0. The van der Waals surface area contributed by atoms with Crippen molar-refractivity contribution < 1.29 is 4.74 Å². The molecule has 0 heterocycles. The Kier molecular flexibility index (Phi) is 4.48. The van der Waals surface area contributed by atoms with Crippen molar-refractivity contribution in [2.45, 2.75) is 44.7 Å². The molecule has 0 aromatic heterocycles. The van der Waals surface area contributed by atoms with Crippen molar-refractivity contribution >= 4 is 5.69 Å². The van der Waals surface area contributed by atoms with Crippen LogP contribution >= 0.6 is 0 Å². The highest BCUT2D eigenvalue weighted by atomic mass is 16.5. The fourth-order valence-corrected chi connectivity index (χ4v) is 2.82. The second-order valence-corrected chi connectivity index (χ2v) is 5.28. The van der Waals surface area contributed by atoms with E-state index in [1.807, 2.05) is 12.1 Å². The minimum absolute atomic E-state index is 0.729. The van der Waals surface area contributed by atoms with Crippen molar-refractivity contribution in [3.8, 4) is 5.75 Å². The summed E-state index contributed by atoms with van der Waals surface area (Å²) in [4.78, 5) is 2.46. The second-order valence-electron chi connectivity index (χ2n) is 5.28. The Morgan fingerprint density at radius 3 is 2.61 bits per heavy atom. The number of ether oxygens (including phenoxy) is 1. The first kappa shape index (κ1) is 13.2. The largest absolute Gasteiger partial charge is 0.495 e. The van der Waals surface area contributed by atoms with Crippen molar-refractivity contribution in [3.05, 3.63) is 23.8 Å². The number of hydrogen-bond donors (Lipinski definition) is 1. The van der Waals surface area contributed by atoms with Gasteiger partial charge in [0.25, 0.3) is 0 Å². The molecule has 100 valence electrons. The lowest BCUT2D eigenvalue weighted by Gasteiger charge is -2.31. The molecule has 1 aromatic rings. The number of methoxy groups -OCH3 is 1. The molecule has 0 unspecified atom stereocenters. The van der Waals surface area contributed by atoms with E-state index < -0.39 is 0 Å². The van der Waals surface area contributed by atoms with Crippen LogP contribution in [0.15, 0.2) is 18.2 Å². The van der Waals surface area contributed by atoms with Crippen LogP contribution in [0.5, 0.6) is 5.75 Å². The maximum Gasteiger partial charge on any atom is 0.141 e. The molecule has 1 saturated carbocycles. The van der Waals surface area contributed by atoms with Gasteiger partial charge in [-0.1, -0.05) is 25.3 Å². The number of benzene rings is 1. The molecule has 1 aliphatic carbocycles. The van der Waals surface area contributed by atoms with Crippen LogP contribution in [-0.4, -0.2) is 25.1 Å². The third-order valence-corrected chi connectivity index (χ3v) is 3.92. The van der Waals surface area contributed by atoms with Crippen molar-refractivity contribution in [2.24, 2.45) is 0 Å². The van der Waals surface area contributed by atoms with Crippen LogP contribution < -0.4 is 10.5 Å². The van der Waals surface area contributed by atoms with E-state index in [-0.39, 0.29) is 0 Å². The van der Waals surface area contributed by atoms with Gasteiger partial charge in [-0.05, 0) is 37.6 Å². The summed E-state index contributed by atoms with van der Waals surface area (Å²) < 4.78 is 5.18. The minimum Gasteiger partial charge on any atom is -0.495 e. The number of nitrogens with zero attached hydrogens (tertiary/aromatic N) is 1. The predicted molar refractivity (Wildman–Crippen MR) is 75.7 cm³/mol. The molecular weight excluding hydrogens is 224 g/mol. The highest BCUT2D eigenvalue weighted by Crippen LogP contribution is 2.25. The Bertz CT molecular complexity index is 386. The van der Waals surface area contributed by atoms with Gasteiger partial charge in [-0.3, -0.25) is 4.90 Å². The van der Waals surface area contributed by atoms with Crippen LogP contribution in [0.4, 0.5) is 5.69 Å². The molecule has 0 spiro atoms. The standard InChI is InChI=1S/C15H24N2O/c1-17(13-6-4-3-5-7-13)11-12-8-9-15(18-2)14(16)10-12/h8-10,13H,3-7,11,16H2,1-2H3. The predicted octanol–water partition coefficient (Wildman–Crippen LogP) is 3.04. The van der Waals surface area contributed by atoms with Crippen LogP contribution in [0.1, 0.15) is 37.7 Å². The third kappa shape index (κ3) is 3.16. The molecule has 0 amide bonds. The smallest absolute Gasteiger partial charge is 0.141 e. The van der Waals surface area contributed by atoms with E-state index in [9.17, 15) is 0 Å². The van der Waals surface area contributed by atoms with Gasteiger partial charge in [0.1, 0.15) is 5.75 Å². The number of hydrogen-bond acceptors (Lipinski definition) is 3. The fraction of sp³-hybridized carbons (Fsp3) is 0.600. The van der Waals surface area contributed by atoms with Crippen molar-refractivity contribution in [1.29, 1.82) is 0 Å². The van der Waals surface area contributed by atoms with Gasteiger partial charge in [0.15, 0.2) is 0 Å². The van der Waals surface area contributed by atoms with Crippen LogP contribution in [0, 0.1) is 0 Å². The Hall–Kier alpha value is -1.22. The van der Waals surface area contributed by atoms with E-state index in [1.165, 1.54) is 37.7 Å². The quantitative estimate of drug-likeness (QED) is 0.832. The Labute approximate surface area is 110 Å². The van der Waals surface area contributed by atoms with E-state index >= 15 is 0 Å². The van der Waals surface area contributed by atoms with E-state index in [2.05, 4.69) is 18.0 Å². The van der Waals surface area contributed by atoms with Crippen LogP contribution in [0.2, 0.25) is 0 Å². The monoisotopic (exact) mass is 248 g/mol. The summed E-state index contributed by atoms with van der Waals surface area (Å²) in [7, 11) is 3.87. The first-order chi connectivity index (χ1) is 8.70. The summed E-state index contributed by atoms with van der Waals surface area (Å²) >= 11 is 0. The lowest BCUT2D eigenvalue weighted by Crippen LogP contribution is -2.32. The molecular formula is C15H24N2O. The number of nitrogen functional groups attached to an aromatic ring is 1. The molecule has 0 atom stereocenters. The zero-order valence-corrected chi connectivity index (χ0v) is 11.5. The van der Waals surface area contributed by atoms with Crippen molar-refractivity contribution in [2.75, 3.05) is 19.9 Å². The Balaban J connectivity index is 1.97. The average molecular weight is 248 g/mol. The highest BCUT2D eigenvalue weighted by molar-refractivity contribution is 5.54.